The molecule has 0 radical (unpaired) electrons. The van der Waals surface area contributed by atoms with Crippen LogP contribution in [-0.4, -0.2) is 39.6 Å². The number of nitrogens with one attached hydrogen (secondary N) is 1. The Bertz CT molecular complexity index is 960. The molecule has 0 atom stereocenters. The third-order valence-corrected chi connectivity index (χ3v) is 5.42. The van der Waals surface area contributed by atoms with Crippen LogP contribution in [0.25, 0.3) is 0 Å². The van der Waals surface area contributed by atoms with Gasteiger partial charge in [-0.05, 0) is 40.7 Å². The molecular weight excluding hydrogens is 400 g/mol. The van der Waals surface area contributed by atoms with Gasteiger partial charge in [0.2, 0.25) is 12.7 Å². The van der Waals surface area contributed by atoms with Crippen LogP contribution in [0.2, 0.25) is 0 Å². The van der Waals surface area contributed by atoms with Crippen molar-refractivity contribution in [2.45, 2.75) is 13.1 Å². The van der Waals surface area contributed by atoms with Crippen LogP contribution < -0.4 is 14.8 Å². The van der Waals surface area contributed by atoms with Crippen LogP contribution in [0.4, 0.5) is 0 Å². The van der Waals surface area contributed by atoms with Crippen LogP contribution in [0, 0.1) is 0 Å². The van der Waals surface area contributed by atoms with E-state index in [1.165, 1.54) is 16.2 Å². The van der Waals surface area contributed by atoms with Crippen molar-refractivity contribution in [2.24, 2.45) is 0 Å². The predicted molar refractivity (Wildman–Crippen MR) is 103 cm³/mol. The average Bonchev–Trinajstić information content (AvgIpc) is 3.47. The largest absolute Gasteiger partial charge is 0.454 e. The molecule has 0 spiro atoms. The summed E-state index contributed by atoms with van der Waals surface area (Å²) in [4.78, 5) is 27.6. The SMILES string of the molecule is O=C(CN(Cc1cccs1)C(=O)c1csnn1)NCc1ccc2c(c1)OCO2. The van der Waals surface area contributed by atoms with Crippen molar-refractivity contribution in [3.63, 3.8) is 0 Å². The third kappa shape index (κ3) is 4.29. The summed E-state index contributed by atoms with van der Waals surface area (Å²) < 4.78 is 14.4. The Morgan fingerprint density at radius 1 is 1.21 bits per heavy atom. The molecule has 0 fully saturated rings. The number of rotatable bonds is 7. The summed E-state index contributed by atoms with van der Waals surface area (Å²) in [6.45, 7) is 0.801. The Hall–Kier alpha value is -2.98. The van der Waals surface area contributed by atoms with Crippen molar-refractivity contribution in [3.8, 4) is 11.5 Å². The van der Waals surface area contributed by atoms with Crippen molar-refractivity contribution >= 4 is 34.7 Å². The van der Waals surface area contributed by atoms with Crippen LogP contribution >= 0.6 is 22.9 Å². The molecule has 1 aromatic carbocycles. The van der Waals surface area contributed by atoms with E-state index in [-0.39, 0.29) is 30.8 Å². The molecule has 0 saturated carbocycles. The zero-order valence-corrected chi connectivity index (χ0v) is 16.3. The molecule has 3 aromatic rings. The van der Waals surface area contributed by atoms with E-state index in [4.69, 9.17) is 9.47 Å². The summed E-state index contributed by atoms with van der Waals surface area (Å²) in [5.41, 5.74) is 1.13. The lowest BCUT2D eigenvalue weighted by Crippen LogP contribution is -2.40. The maximum Gasteiger partial charge on any atom is 0.276 e. The molecule has 0 saturated heterocycles. The Morgan fingerprint density at radius 2 is 2.11 bits per heavy atom. The molecule has 0 unspecified atom stereocenters. The average molecular weight is 416 g/mol. The topological polar surface area (TPSA) is 93.7 Å². The van der Waals surface area contributed by atoms with Gasteiger partial charge in [-0.1, -0.05) is 16.6 Å². The number of nitrogens with zero attached hydrogens (tertiary/aromatic N) is 3. The number of hydrogen-bond donors (Lipinski definition) is 1. The quantitative estimate of drug-likeness (QED) is 0.635. The van der Waals surface area contributed by atoms with Crippen molar-refractivity contribution in [1.82, 2.24) is 19.8 Å². The molecule has 0 aliphatic carbocycles. The summed E-state index contributed by atoms with van der Waals surface area (Å²) in [7, 11) is 0. The molecule has 1 aliphatic rings. The fourth-order valence-corrected chi connectivity index (χ4v) is 3.84. The number of thiophene rings is 1. The molecule has 3 heterocycles. The van der Waals surface area contributed by atoms with Gasteiger partial charge in [0.25, 0.3) is 5.91 Å². The number of benzene rings is 1. The van der Waals surface area contributed by atoms with E-state index in [0.717, 1.165) is 22.0 Å². The van der Waals surface area contributed by atoms with E-state index in [0.29, 0.717) is 24.6 Å². The highest BCUT2D eigenvalue weighted by Crippen LogP contribution is 2.32. The molecule has 2 amide bonds. The number of aromatic nitrogens is 2. The molecule has 144 valence electrons. The molecule has 10 heteroatoms. The summed E-state index contributed by atoms with van der Waals surface area (Å²) >= 11 is 2.63. The molecule has 28 heavy (non-hydrogen) atoms. The number of fused-ring (bicyclic) bond motifs is 1. The number of carbonyl (C=O) groups excluding carboxylic acids is 2. The molecule has 4 rings (SSSR count). The first-order valence-electron chi connectivity index (χ1n) is 8.43. The van der Waals surface area contributed by atoms with Gasteiger partial charge in [-0.15, -0.1) is 16.4 Å². The number of ether oxygens (including phenoxy) is 2. The van der Waals surface area contributed by atoms with Gasteiger partial charge in [0.1, 0.15) is 6.54 Å². The highest BCUT2D eigenvalue weighted by molar-refractivity contribution is 7.09. The van der Waals surface area contributed by atoms with E-state index < -0.39 is 0 Å². The van der Waals surface area contributed by atoms with Gasteiger partial charge in [0.15, 0.2) is 17.2 Å². The molecule has 0 bridgehead atoms. The predicted octanol–water partition coefficient (Wildman–Crippen LogP) is 2.29. The first kappa shape index (κ1) is 18.4. The molecule has 1 aliphatic heterocycles. The lowest BCUT2D eigenvalue weighted by atomic mass is 10.2. The lowest BCUT2D eigenvalue weighted by molar-refractivity contribution is -0.122. The van der Waals surface area contributed by atoms with Gasteiger partial charge in [-0.3, -0.25) is 9.59 Å². The smallest absolute Gasteiger partial charge is 0.276 e. The zero-order valence-electron chi connectivity index (χ0n) is 14.7. The van der Waals surface area contributed by atoms with Crippen molar-refractivity contribution in [3.05, 3.63) is 57.2 Å². The van der Waals surface area contributed by atoms with Gasteiger partial charge in [0.05, 0.1) is 6.54 Å². The monoisotopic (exact) mass is 416 g/mol. The minimum Gasteiger partial charge on any atom is -0.454 e. The van der Waals surface area contributed by atoms with Crippen molar-refractivity contribution in [2.75, 3.05) is 13.3 Å². The third-order valence-electron chi connectivity index (χ3n) is 4.05. The highest BCUT2D eigenvalue weighted by atomic mass is 32.1. The minimum absolute atomic E-state index is 0.0706. The maximum absolute atomic E-state index is 12.7. The Labute approximate surface area is 168 Å². The molecule has 1 N–H and O–H groups in total. The normalized spacial score (nSPS) is 12.0. The first-order valence-corrected chi connectivity index (χ1v) is 10.1. The summed E-state index contributed by atoms with van der Waals surface area (Å²) in [5, 5.41) is 10.2. The standard InChI is InChI=1S/C18H16N4O4S2/c23-17(19-7-12-3-4-15-16(6-12)26-11-25-15)9-22(8-13-2-1-5-27-13)18(24)14-10-28-21-20-14/h1-6,10H,7-9,11H2,(H,19,23). The number of hydrogen-bond acceptors (Lipinski definition) is 8. The Morgan fingerprint density at radius 3 is 2.89 bits per heavy atom. The highest BCUT2D eigenvalue weighted by Gasteiger charge is 2.22. The molecule has 8 nitrogen and oxygen atoms in total. The minimum atomic E-state index is -0.319. The number of amides is 2. The van der Waals surface area contributed by atoms with Crippen LogP contribution in [0.1, 0.15) is 20.9 Å². The van der Waals surface area contributed by atoms with Crippen molar-refractivity contribution < 1.29 is 19.1 Å². The second-order valence-electron chi connectivity index (χ2n) is 6.00. The zero-order chi connectivity index (χ0) is 19.3. The van der Waals surface area contributed by atoms with E-state index >= 15 is 0 Å². The van der Waals surface area contributed by atoms with Gasteiger partial charge in [-0.2, -0.15) is 0 Å². The number of carbonyl (C=O) groups is 2. The Balaban J connectivity index is 1.39. The van der Waals surface area contributed by atoms with Crippen LogP contribution in [0.5, 0.6) is 11.5 Å². The van der Waals surface area contributed by atoms with Crippen molar-refractivity contribution in [1.29, 1.82) is 0 Å². The van der Waals surface area contributed by atoms with Crippen LogP contribution in [0.3, 0.4) is 0 Å². The van der Waals surface area contributed by atoms with Gasteiger partial charge >= 0.3 is 0 Å². The molecule has 2 aromatic heterocycles. The summed E-state index contributed by atoms with van der Waals surface area (Å²) in [5.74, 6) is 0.781. The maximum atomic E-state index is 12.7. The van der Waals surface area contributed by atoms with E-state index in [1.807, 2.05) is 35.7 Å². The van der Waals surface area contributed by atoms with Gasteiger partial charge in [0, 0.05) is 16.8 Å². The van der Waals surface area contributed by atoms with Crippen LogP contribution in [0.15, 0.2) is 41.1 Å². The van der Waals surface area contributed by atoms with E-state index in [9.17, 15) is 9.59 Å². The van der Waals surface area contributed by atoms with Gasteiger partial charge in [-0.25, -0.2) is 0 Å². The van der Waals surface area contributed by atoms with Crippen LogP contribution in [-0.2, 0) is 17.9 Å². The molecular formula is C18H16N4O4S2. The second kappa shape index (κ2) is 8.36. The van der Waals surface area contributed by atoms with E-state index in [2.05, 4.69) is 14.9 Å². The second-order valence-corrected chi connectivity index (χ2v) is 7.64. The fourth-order valence-electron chi connectivity index (χ4n) is 2.69. The fraction of sp³-hybridized carbons (Fsp3) is 0.222. The summed E-state index contributed by atoms with van der Waals surface area (Å²) in [6, 6.07) is 9.34. The first-order chi connectivity index (χ1) is 13.7. The Kier molecular flexibility index (Phi) is 5.49. The van der Waals surface area contributed by atoms with Gasteiger partial charge < -0.3 is 19.7 Å². The lowest BCUT2D eigenvalue weighted by Gasteiger charge is -2.20. The summed E-state index contributed by atoms with van der Waals surface area (Å²) in [6.07, 6.45) is 0. The van der Waals surface area contributed by atoms with E-state index in [1.54, 1.807) is 5.38 Å².